The monoisotopic (exact) mass is 241 g/mol. The van der Waals surface area contributed by atoms with Gasteiger partial charge in [-0.1, -0.05) is 20.8 Å². The van der Waals surface area contributed by atoms with Crippen LogP contribution in [-0.4, -0.2) is 10.7 Å². The van der Waals surface area contributed by atoms with Gasteiger partial charge in [0.15, 0.2) is 5.78 Å². The first-order valence-corrected chi connectivity index (χ1v) is 5.45. The number of Topliss-reactive ketones (excluding diaryl/α,β-unsaturated/α-hetero) is 1. The number of nitrogens with zero attached hydrogens (tertiary/aromatic N) is 1. The number of hydrogen-bond acceptors (Lipinski definition) is 3. The third-order valence-electron chi connectivity index (χ3n) is 2.13. The van der Waals surface area contributed by atoms with Crippen molar-refractivity contribution in [1.29, 1.82) is 0 Å². The molecule has 0 fully saturated rings. The summed E-state index contributed by atoms with van der Waals surface area (Å²) in [5, 5.41) is 10.5. The van der Waals surface area contributed by atoms with Crippen LogP contribution in [0.4, 0.5) is 10.1 Å². The fourth-order valence-electron chi connectivity index (χ4n) is 1.36. The molecule has 0 N–H and O–H groups in total. The average Bonchev–Trinajstić information content (AvgIpc) is 2.30. The first-order valence-electron chi connectivity index (χ1n) is 5.45. The highest BCUT2D eigenvalue weighted by Gasteiger charge is 2.19. The minimum absolute atomic E-state index is 0.214. The minimum Gasteiger partial charge on any atom is -0.294 e. The Morgan fingerprint density at radius 3 is 2.29 bits per heavy atom. The molecule has 94 valence electrons. The predicted octanol–water partition coefficient (Wildman–Crippen LogP) is 3.53. The van der Waals surface area contributed by atoms with Crippen LogP contribution >= 0.6 is 0 Å². The number of nitro groups is 1. The van der Waals surface area contributed by atoms with Crippen molar-refractivity contribution in [1.82, 2.24) is 0 Å². The van der Waals surface area contributed by atoms with E-state index in [-0.39, 0.29) is 11.3 Å². The lowest BCUT2D eigenvalue weighted by Gasteiger charge is -2.04. The molecule has 0 spiro atoms. The van der Waals surface area contributed by atoms with E-state index in [0.717, 1.165) is 12.1 Å². The van der Waals surface area contributed by atoms with Crippen LogP contribution in [0, 0.1) is 15.9 Å². The summed E-state index contributed by atoms with van der Waals surface area (Å²) in [5.41, 5.74) is 0.0496. The molecule has 0 aliphatic heterocycles. The normalized spacial score (nSPS) is 9.24. The van der Waals surface area contributed by atoms with Crippen molar-refractivity contribution in [2.75, 3.05) is 0 Å². The molecule has 0 unspecified atom stereocenters. The Labute approximate surface area is 99.6 Å². The maximum absolute atomic E-state index is 13.2. The zero-order valence-corrected chi connectivity index (χ0v) is 10.4. The summed E-state index contributed by atoms with van der Waals surface area (Å²) in [5.74, 6) is -1.20. The zero-order valence-electron chi connectivity index (χ0n) is 10.4. The van der Waals surface area contributed by atoms with Gasteiger partial charge >= 0.3 is 5.69 Å². The highest BCUT2D eigenvalue weighted by Crippen LogP contribution is 2.23. The van der Waals surface area contributed by atoms with Gasteiger partial charge in [-0.3, -0.25) is 14.9 Å². The summed E-state index contributed by atoms with van der Waals surface area (Å²) < 4.78 is 13.2. The van der Waals surface area contributed by atoms with Crippen LogP contribution in [-0.2, 0) is 6.42 Å². The summed E-state index contributed by atoms with van der Waals surface area (Å²) in [4.78, 5) is 20.8. The maximum atomic E-state index is 13.2. The number of hydrogen-bond donors (Lipinski definition) is 0. The standard InChI is InChI=1S/C10H10FNO3.C2H6/c1-3-7-4-9(11)10(12(14)15)5-8(7)6(2)13;1-2/h4-5H,3H2,1-2H3;1-2H3. The second-order valence-electron chi connectivity index (χ2n) is 3.13. The van der Waals surface area contributed by atoms with E-state index in [1.165, 1.54) is 6.92 Å². The fourth-order valence-corrected chi connectivity index (χ4v) is 1.36. The van der Waals surface area contributed by atoms with Crippen molar-refractivity contribution in [2.24, 2.45) is 0 Å². The second kappa shape index (κ2) is 6.73. The van der Waals surface area contributed by atoms with Gasteiger partial charge in [0.05, 0.1) is 4.92 Å². The average molecular weight is 241 g/mol. The number of benzene rings is 1. The van der Waals surface area contributed by atoms with Crippen LogP contribution in [0.25, 0.3) is 0 Å². The molecule has 0 aliphatic rings. The first-order chi connectivity index (χ1) is 7.97. The smallest absolute Gasteiger partial charge is 0.294 e. The molecule has 1 aromatic carbocycles. The van der Waals surface area contributed by atoms with E-state index in [9.17, 15) is 19.3 Å². The van der Waals surface area contributed by atoms with Crippen LogP contribution in [0.15, 0.2) is 12.1 Å². The summed E-state index contributed by atoms with van der Waals surface area (Å²) >= 11 is 0. The summed E-state index contributed by atoms with van der Waals surface area (Å²) in [6.45, 7) is 7.06. The molecule has 5 heteroatoms. The van der Waals surface area contributed by atoms with E-state index >= 15 is 0 Å². The van der Waals surface area contributed by atoms with Gasteiger partial charge in [0, 0.05) is 11.6 Å². The molecule has 17 heavy (non-hydrogen) atoms. The molecular weight excluding hydrogens is 225 g/mol. The highest BCUT2D eigenvalue weighted by molar-refractivity contribution is 5.96. The van der Waals surface area contributed by atoms with Gasteiger partial charge in [-0.25, -0.2) is 0 Å². The number of carbonyl (C=O) groups is 1. The van der Waals surface area contributed by atoms with E-state index in [2.05, 4.69) is 0 Å². The van der Waals surface area contributed by atoms with Gasteiger partial charge in [-0.05, 0) is 25.0 Å². The number of carbonyl (C=O) groups excluding carboxylic acids is 1. The Balaban J connectivity index is 0.00000121. The van der Waals surface area contributed by atoms with Crippen molar-refractivity contribution in [3.8, 4) is 0 Å². The van der Waals surface area contributed by atoms with E-state index < -0.39 is 16.4 Å². The molecule has 0 atom stereocenters. The molecule has 0 bridgehead atoms. The minimum atomic E-state index is -0.901. The molecule has 0 aliphatic carbocycles. The third-order valence-corrected chi connectivity index (χ3v) is 2.13. The largest absolute Gasteiger partial charge is 0.305 e. The molecule has 4 nitrogen and oxygen atoms in total. The molecule has 0 radical (unpaired) electrons. The number of halogens is 1. The van der Waals surface area contributed by atoms with Gasteiger partial charge in [0.1, 0.15) is 0 Å². The lowest BCUT2D eigenvalue weighted by atomic mass is 10.0. The number of nitro benzene ring substituents is 1. The molecular formula is C12H16FNO3. The lowest BCUT2D eigenvalue weighted by Crippen LogP contribution is -2.03. The zero-order chi connectivity index (χ0) is 13.6. The molecule has 0 saturated carbocycles. The first kappa shape index (κ1) is 15.2. The maximum Gasteiger partial charge on any atom is 0.305 e. The number of ketones is 1. The Morgan fingerprint density at radius 2 is 1.94 bits per heavy atom. The van der Waals surface area contributed by atoms with Crippen molar-refractivity contribution in [3.63, 3.8) is 0 Å². The molecule has 0 aromatic heterocycles. The topological polar surface area (TPSA) is 60.2 Å². The highest BCUT2D eigenvalue weighted by atomic mass is 19.1. The summed E-state index contributed by atoms with van der Waals surface area (Å²) in [7, 11) is 0. The van der Waals surface area contributed by atoms with Crippen molar-refractivity contribution in [3.05, 3.63) is 39.2 Å². The molecule has 0 amide bonds. The Hall–Kier alpha value is -1.78. The van der Waals surface area contributed by atoms with Crippen LogP contribution in [0.5, 0.6) is 0 Å². The van der Waals surface area contributed by atoms with Gasteiger partial charge in [-0.15, -0.1) is 0 Å². The van der Waals surface area contributed by atoms with Gasteiger partial charge in [0.25, 0.3) is 0 Å². The van der Waals surface area contributed by atoms with Gasteiger partial charge in [0.2, 0.25) is 5.82 Å². The van der Waals surface area contributed by atoms with Gasteiger partial charge in [-0.2, -0.15) is 4.39 Å². The summed E-state index contributed by atoms with van der Waals surface area (Å²) in [6, 6.07) is 2.05. The van der Waals surface area contributed by atoms with Crippen LogP contribution in [0.3, 0.4) is 0 Å². The van der Waals surface area contributed by atoms with Crippen molar-refractivity contribution in [2.45, 2.75) is 34.1 Å². The van der Waals surface area contributed by atoms with E-state index in [0.29, 0.717) is 12.0 Å². The second-order valence-corrected chi connectivity index (χ2v) is 3.13. The fraction of sp³-hybridized carbons (Fsp3) is 0.417. The van der Waals surface area contributed by atoms with Crippen molar-refractivity contribution < 1.29 is 14.1 Å². The Kier molecular flexibility index (Phi) is 6.02. The molecule has 0 heterocycles. The SMILES string of the molecule is CC.CCc1cc(F)c([N+](=O)[O-])cc1C(C)=O. The predicted molar refractivity (Wildman–Crippen MR) is 63.8 cm³/mol. The van der Waals surface area contributed by atoms with Gasteiger partial charge < -0.3 is 0 Å². The van der Waals surface area contributed by atoms with E-state index in [1.54, 1.807) is 6.92 Å². The summed E-state index contributed by atoms with van der Waals surface area (Å²) in [6.07, 6.45) is 0.462. The van der Waals surface area contributed by atoms with E-state index in [1.807, 2.05) is 13.8 Å². The quantitative estimate of drug-likeness (QED) is 0.462. The molecule has 1 aromatic rings. The van der Waals surface area contributed by atoms with Crippen LogP contribution in [0.2, 0.25) is 0 Å². The number of rotatable bonds is 3. The lowest BCUT2D eigenvalue weighted by molar-refractivity contribution is -0.387. The number of aryl methyl sites for hydroxylation is 1. The third kappa shape index (κ3) is 3.62. The Morgan fingerprint density at radius 1 is 1.41 bits per heavy atom. The Bertz CT molecular complexity index is 430. The van der Waals surface area contributed by atoms with Crippen molar-refractivity contribution >= 4 is 11.5 Å². The van der Waals surface area contributed by atoms with Crippen LogP contribution < -0.4 is 0 Å². The molecule has 1 rings (SSSR count). The molecule has 0 saturated heterocycles. The van der Waals surface area contributed by atoms with E-state index in [4.69, 9.17) is 0 Å². The van der Waals surface area contributed by atoms with Crippen LogP contribution in [0.1, 0.15) is 43.6 Å².